The first-order chi connectivity index (χ1) is 9.02. The molecule has 0 fully saturated rings. The van der Waals surface area contributed by atoms with Gasteiger partial charge in [0.1, 0.15) is 5.75 Å². The lowest BCUT2D eigenvalue weighted by Gasteiger charge is -2.10. The first-order valence-corrected chi connectivity index (χ1v) is 5.93. The summed E-state index contributed by atoms with van der Waals surface area (Å²) in [4.78, 5) is 0. The van der Waals surface area contributed by atoms with Gasteiger partial charge in [0.25, 0.3) is 0 Å². The van der Waals surface area contributed by atoms with Crippen LogP contribution in [-0.4, -0.2) is 0 Å². The van der Waals surface area contributed by atoms with E-state index < -0.39 is 17.4 Å². The molecule has 0 aliphatic heterocycles. The van der Waals surface area contributed by atoms with E-state index in [1.54, 1.807) is 18.2 Å². The number of hydrogen-bond acceptors (Lipinski definition) is 3. The summed E-state index contributed by atoms with van der Waals surface area (Å²) >= 11 is 3.17. The first-order valence-electron chi connectivity index (χ1n) is 5.14. The summed E-state index contributed by atoms with van der Waals surface area (Å²) in [5, 5.41) is 8.60. The molecule has 0 spiro atoms. The molecule has 2 aromatic carbocycles. The molecule has 0 saturated heterocycles. The van der Waals surface area contributed by atoms with Crippen molar-refractivity contribution < 1.29 is 13.5 Å². The fraction of sp³-hybridized carbons (Fsp3) is 0. The number of nitrogen functional groups attached to an aromatic ring is 1. The van der Waals surface area contributed by atoms with Crippen LogP contribution in [0.3, 0.4) is 0 Å². The van der Waals surface area contributed by atoms with Gasteiger partial charge >= 0.3 is 0 Å². The van der Waals surface area contributed by atoms with Gasteiger partial charge in [0.05, 0.1) is 16.1 Å². The highest BCUT2D eigenvalue weighted by atomic mass is 79.9. The molecule has 2 rings (SSSR count). The normalized spacial score (nSPS) is 10.0. The third-order valence-electron chi connectivity index (χ3n) is 2.33. The van der Waals surface area contributed by atoms with Gasteiger partial charge in [-0.15, -0.1) is 0 Å². The van der Waals surface area contributed by atoms with Crippen LogP contribution in [0.4, 0.5) is 14.5 Å². The number of nitrogens with zero attached hydrogens (tertiary/aromatic N) is 1. The Kier molecular flexibility index (Phi) is 3.67. The van der Waals surface area contributed by atoms with E-state index in [0.29, 0.717) is 10.2 Å². The molecule has 0 saturated carbocycles. The van der Waals surface area contributed by atoms with Gasteiger partial charge in [-0.05, 0) is 40.2 Å². The van der Waals surface area contributed by atoms with E-state index in [2.05, 4.69) is 15.9 Å². The summed E-state index contributed by atoms with van der Waals surface area (Å²) in [5.74, 6) is -2.30. The Bertz CT molecular complexity index is 660. The maximum Gasteiger partial charge on any atom is 0.198 e. The van der Waals surface area contributed by atoms with Crippen molar-refractivity contribution in [3.05, 3.63) is 52.0 Å². The molecular weight excluding hydrogens is 318 g/mol. The smallest absolute Gasteiger partial charge is 0.198 e. The fourth-order valence-electron chi connectivity index (χ4n) is 1.44. The van der Waals surface area contributed by atoms with Crippen LogP contribution in [0.5, 0.6) is 11.5 Å². The average Bonchev–Trinajstić information content (AvgIpc) is 2.38. The van der Waals surface area contributed by atoms with Gasteiger partial charge in [-0.1, -0.05) is 6.07 Å². The highest BCUT2D eigenvalue weighted by Crippen LogP contribution is 2.36. The molecule has 6 heteroatoms. The van der Waals surface area contributed by atoms with Crippen LogP contribution in [0.15, 0.2) is 34.8 Å². The molecule has 0 aromatic heterocycles. The molecule has 0 amide bonds. The van der Waals surface area contributed by atoms with Gasteiger partial charge in [-0.3, -0.25) is 0 Å². The minimum atomic E-state index is -0.953. The largest absolute Gasteiger partial charge is 0.450 e. The Morgan fingerprint density at radius 2 is 1.84 bits per heavy atom. The van der Waals surface area contributed by atoms with Crippen molar-refractivity contribution in [2.75, 3.05) is 5.73 Å². The van der Waals surface area contributed by atoms with E-state index in [-0.39, 0.29) is 11.3 Å². The third kappa shape index (κ3) is 2.66. The predicted molar refractivity (Wildman–Crippen MR) is 69.7 cm³/mol. The van der Waals surface area contributed by atoms with E-state index in [1.165, 1.54) is 6.07 Å². The average molecular weight is 325 g/mol. The van der Waals surface area contributed by atoms with Crippen LogP contribution in [-0.2, 0) is 0 Å². The Balaban J connectivity index is 2.45. The SMILES string of the molecule is N#Cc1cc(F)c(Oc2cccc(N)c2Br)c(F)c1. The summed E-state index contributed by atoms with van der Waals surface area (Å²) in [6.07, 6.45) is 0. The van der Waals surface area contributed by atoms with E-state index in [9.17, 15) is 8.78 Å². The highest BCUT2D eigenvalue weighted by molar-refractivity contribution is 9.10. The second-order valence-corrected chi connectivity index (χ2v) is 4.44. The van der Waals surface area contributed by atoms with Crippen LogP contribution in [0.2, 0.25) is 0 Å². The van der Waals surface area contributed by atoms with E-state index >= 15 is 0 Å². The van der Waals surface area contributed by atoms with Crippen molar-refractivity contribution in [1.29, 1.82) is 5.26 Å². The molecular formula is C13H7BrF2N2O. The zero-order valence-corrected chi connectivity index (χ0v) is 11.0. The van der Waals surface area contributed by atoms with Gasteiger partial charge in [-0.2, -0.15) is 5.26 Å². The molecule has 3 nitrogen and oxygen atoms in total. The van der Waals surface area contributed by atoms with Crippen LogP contribution >= 0.6 is 15.9 Å². The number of halogens is 3. The Labute approximate surface area is 116 Å². The highest BCUT2D eigenvalue weighted by Gasteiger charge is 2.15. The number of nitriles is 1. The molecule has 0 unspecified atom stereocenters. The second-order valence-electron chi connectivity index (χ2n) is 3.64. The lowest BCUT2D eigenvalue weighted by molar-refractivity contribution is 0.405. The molecule has 0 aliphatic carbocycles. The lowest BCUT2D eigenvalue weighted by atomic mass is 10.2. The number of nitrogens with two attached hydrogens (primary N) is 1. The van der Waals surface area contributed by atoms with E-state index in [4.69, 9.17) is 15.7 Å². The molecule has 0 aliphatic rings. The molecule has 0 radical (unpaired) electrons. The predicted octanol–water partition coefficient (Wildman–Crippen LogP) is 3.97. The van der Waals surface area contributed by atoms with E-state index in [0.717, 1.165) is 12.1 Å². The van der Waals surface area contributed by atoms with Crippen molar-refractivity contribution in [1.82, 2.24) is 0 Å². The van der Waals surface area contributed by atoms with Gasteiger partial charge in [0.2, 0.25) is 0 Å². The molecule has 0 atom stereocenters. The maximum atomic E-state index is 13.7. The number of benzene rings is 2. The Morgan fingerprint density at radius 1 is 1.21 bits per heavy atom. The van der Waals surface area contributed by atoms with Crippen LogP contribution in [0.1, 0.15) is 5.56 Å². The molecule has 2 N–H and O–H groups in total. The van der Waals surface area contributed by atoms with Crippen molar-refractivity contribution in [2.45, 2.75) is 0 Å². The molecule has 19 heavy (non-hydrogen) atoms. The Hall–Kier alpha value is -2.13. The van der Waals surface area contributed by atoms with Crippen molar-refractivity contribution in [2.24, 2.45) is 0 Å². The lowest BCUT2D eigenvalue weighted by Crippen LogP contribution is -1.96. The minimum Gasteiger partial charge on any atom is -0.450 e. The first kappa shape index (κ1) is 13.3. The fourth-order valence-corrected chi connectivity index (χ4v) is 1.78. The second kappa shape index (κ2) is 5.24. The zero-order chi connectivity index (χ0) is 14.0. The summed E-state index contributed by atoms with van der Waals surface area (Å²) in [6, 6.07) is 8.18. The standard InChI is InChI=1S/C13H7BrF2N2O/c14-12-10(18)2-1-3-11(12)19-13-8(15)4-7(6-17)5-9(13)16/h1-5H,18H2. The Morgan fingerprint density at radius 3 is 2.42 bits per heavy atom. The van der Waals surface area contributed by atoms with Gasteiger partial charge in [0, 0.05) is 5.69 Å². The molecule has 2 aromatic rings. The molecule has 96 valence electrons. The number of rotatable bonds is 2. The summed E-state index contributed by atoms with van der Waals surface area (Å²) < 4.78 is 32.9. The van der Waals surface area contributed by atoms with Gasteiger partial charge < -0.3 is 10.5 Å². The van der Waals surface area contributed by atoms with Crippen LogP contribution in [0.25, 0.3) is 0 Å². The van der Waals surface area contributed by atoms with Gasteiger partial charge in [-0.25, -0.2) is 8.78 Å². The maximum absolute atomic E-state index is 13.7. The van der Waals surface area contributed by atoms with Crippen molar-refractivity contribution in [3.8, 4) is 17.6 Å². The van der Waals surface area contributed by atoms with Crippen molar-refractivity contribution in [3.63, 3.8) is 0 Å². The summed E-state index contributed by atoms with van der Waals surface area (Å²) in [7, 11) is 0. The quantitative estimate of drug-likeness (QED) is 0.850. The minimum absolute atomic E-state index is 0.117. The monoisotopic (exact) mass is 324 g/mol. The third-order valence-corrected chi connectivity index (χ3v) is 3.18. The van der Waals surface area contributed by atoms with Gasteiger partial charge in [0.15, 0.2) is 17.4 Å². The van der Waals surface area contributed by atoms with Crippen LogP contribution < -0.4 is 10.5 Å². The summed E-state index contributed by atoms with van der Waals surface area (Å²) in [5.41, 5.74) is 5.90. The van der Waals surface area contributed by atoms with Crippen LogP contribution in [0, 0.1) is 23.0 Å². The van der Waals surface area contributed by atoms with Crippen molar-refractivity contribution >= 4 is 21.6 Å². The number of anilines is 1. The summed E-state index contributed by atoms with van der Waals surface area (Å²) in [6.45, 7) is 0. The molecule has 0 heterocycles. The number of hydrogen-bond donors (Lipinski definition) is 1. The topological polar surface area (TPSA) is 59.0 Å². The molecule has 0 bridgehead atoms. The number of ether oxygens (including phenoxy) is 1. The van der Waals surface area contributed by atoms with E-state index in [1.807, 2.05) is 0 Å². The zero-order valence-electron chi connectivity index (χ0n) is 9.45.